The zero-order chi connectivity index (χ0) is 23.4. The predicted octanol–water partition coefficient (Wildman–Crippen LogP) is 4.68. The second-order valence-electron chi connectivity index (χ2n) is 8.54. The van der Waals surface area contributed by atoms with E-state index in [9.17, 15) is 14.0 Å². The first-order chi connectivity index (χ1) is 16.0. The number of ether oxygens (including phenoxy) is 1. The van der Waals surface area contributed by atoms with Crippen LogP contribution in [0.4, 0.5) is 4.39 Å². The van der Waals surface area contributed by atoms with Crippen LogP contribution in [0.15, 0.2) is 48.5 Å². The SMILES string of the molecule is CCOC(=O)Cn1c2c(c3cc(F)ccc31)C[C@@H](N(CC)C(=O)CCc1ccccc1)CC2. The van der Waals surface area contributed by atoms with Gasteiger partial charge in [-0.3, -0.25) is 9.59 Å². The van der Waals surface area contributed by atoms with Crippen molar-refractivity contribution in [3.05, 3.63) is 71.2 Å². The lowest BCUT2D eigenvalue weighted by Crippen LogP contribution is -2.43. The van der Waals surface area contributed by atoms with Crippen molar-refractivity contribution in [1.82, 2.24) is 9.47 Å². The van der Waals surface area contributed by atoms with E-state index in [-0.39, 0.29) is 30.3 Å². The van der Waals surface area contributed by atoms with Crippen molar-refractivity contribution < 1.29 is 18.7 Å². The Hall–Kier alpha value is -3.15. The highest BCUT2D eigenvalue weighted by Crippen LogP contribution is 2.34. The van der Waals surface area contributed by atoms with E-state index < -0.39 is 0 Å². The molecule has 0 unspecified atom stereocenters. The molecule has 0 bridgehead atoms. The molecule has 0 fully saturated rings. The number of hydrogen-bond donors (Lipinski definition) is 0. The molecule has 6 heteroatoms. The van der Waals surface area contributed by atoms with Crippen molar-refractivity contribution in [2.75, 3.05) is 13.2 Å². The van der Waals surface area contributed by atoms with Crippen LogP contribution in [-0.2, 0) is 40.1 Å². The minimum atomic E-state index is -0.299. The van der Waals surface area contributed by atoms with Crippen LogP contribution in [0, 0.1) is 5.82 Å². The van der Waals surface area contributed by atoms with Crippen LogP contribution in [0.2, 0.25) is 0 Å². The molecule has 5 nitrogen and oxygen atoms in total. The fourth-order valence-electron chi connectivity index (χ4n) is 5.06. The van der Waals surface area contributed by atoms with E-state index in [4.69, 9.17) is 4.74 Å². The third-order valence-electron chi connectivity index (χ3n) is 6.57. The van der Waals surface area contributed by atoms with Crippen molar-refractivity contribution in [2.45, 2.75) is 58.5 Å². The van der Waals surface area contributed by atoms with Gasteiger partial charge in [0.05, 0.1) is 6.61 Å². The van der Waals surface area contributed by atoms with Gasteiger partial charge in [-0.05, 0) is 68.9 Å². The van der Waals surface area contributed by atoms with E-state index in [0.29, 0.717) is 26.0 Å². The van der Waals surface area contributed by atoms with E-state index in [1.54, 1.807) is 19.1 Å². The Bertz CT molecular complexity index is 1140. The first kappa shape index (κ1) is 23.0. The Morgan fingerprint density at radius 3 is 2.67 bits per heavy atom. The van der Waals surface area contributed by atoms with Crippen LogP contribution in [0.25, 0.3) is 10.9 Å². The standard InChI is InChI=1S/C27H31FN2O3/c1-3-29(26(31)15-10-19-8-6-5-7-9-19)21-12-14-25-23(17-21)22-16-20(28)11-13-24(22)30(25)18-27(32)33-4-2/h5-9,11,13,16,21H,3-4,10,12,14-15,17-18H2,1-2H3/t21-/m0/s1. The molecule has 2 aromatic carbocycles. The van der Waals surface area contributed by atoms with Crippen LogP contribution in [0.1, 0.15) is 43.5 Å². The summed E-state index contributed by atoms with van der Waals surface area (Å²) in [6.07, 6.45) is 3.41. The van der Waals surface area contributed by atoms with Gasteiger partial charge in [0.25, 0.3) is 0 Å². The summed E-state index contributed by atoms with van der Waals surface area (Å²) >= 11 is 0. The topological polar surface area (TPSA) is 51.5 Å². The molecule has 1 aromatic heterocycles. The smallest absolute Gasteiger partial charge is 0.325 e. The maximum Gasteiger partial charge on any atom is 0.325 e. The molecule has 0 N–H and O–H groups in total. The highest BCUT2D eigenvalue weighted by atomic mass is 19.1. The average molecular weight is 451 g/mol. The molecular weight excluding hydrogens is 419 g/mol. The number of aryl methyl sites for hydroxylation is 1. The first-order valence-corrected chi connectivity index (χ1v) is 11.8. The molecule has 1 atom stereocenters. The molecule has 174 valence electrons. The minimum absolute atomic E-state index is 0.0654. The van der Waals surface area contributed by atoms with Gasteiger partial charge < -0.3 is 14.2 Å². The van der Waals surface area contributed by atoms with Crippen molar-refractivity contribution >= 4 is 22.8 Å². The molecule has 4 rings (SSSR count). The quantitative estimate of drug-likeness (QED) is 0.468. The average Bonchev–Trinajstić information content (AvgIpc) is 3.11. The largest absolute Gasteiger partial charge is 0.465 e. The number of halogens is 1. The summed E-state index contributed by atoms with van der Waals surface area (Å²) in [5, 5.41) is 0.826. The van der Waals surface area contributed by atoms with Gasteiger partial charge in [0.15, 0.2) is 0 Å². The number of benzene rings is 2. The highest BCUT2D eigenvalue weighted by Gasteiger charge is 2.31. The second kappa shape index (κ2) is 10.2. The molecule has 1 aliphatic rings. The molecular formula is C27H31FN2O3. The molecule has 1 amide bonds. The van der Waals surface area contributed by atoms with E-state index in [2.05, 4.69) is 0 Å². The number of hydrogen-bond acceptors (Lipinski definition) is 3. The molecule has 0 saturated carbocycles. The second-order valence-corrected chi connectivity index (χ2v) is 8.54. The van der Waals surface area contributed by atoms with Gasteiger partial charge in [-0.15, -0.1) is 0 Å². The Morgan fingerprint density at radius 2 is 1.94 bits per heavy atom. The van der Waals surface area contributed by atoms with Crippen LogP contribution in [0.3, 0.4) is 0 Å². The van der Waals surface area contributed by atoms with Gasteiger partial charge in [-0.25, -0.2) is 4.39 Å². The zero-order valence-corrected chi connectivity index (χ0v) is 19.4. The van der Waals surface area contributed by atoms with Gasteiger partial charge in [0, 0.05) is 35.6 Å². The maximum absolute atomic E-state index is 14.1. The van der Waals surface area contributed by atoms with Gasteiger partial charge in [-0.2, -0.15) is 0 Å². The Labute approximate surface area is 194 Å². The lowest BCUT2D eigenvalue weighted by atomic mass is 9.90. The van der Waals surface area contributed by atoms with Crippen LogP contribution < -0.4 is 0 Å². The maximum atomic E-state index is 14.1. The summed E-state index contributed by atoms with van der Waals surface area (Å²) in [5.74, 6) is -0.446. The third-order valence-corrected chi connectivity index (χ3v) is 6.57. The van der Waals surface area contributed by atoms with E-state index in [1.165, 1.54) is 6.07 Å². The molecule has 0 spiro atoms. The van der Waals surface area contributed by atoms with Gasteiger partial charge in [0.1, 0.15) is 12.4 Å². The fraction of sp³-hybridized carbons (Fsp3) is 0.407. The summed E-state index contributed by atoms with van der Waals surface area (Å²) < 4.78 is 21.3. The predicted molar refractivity (Wildman–Crippen MR) is 126 cm³/mol. The summed E-state index contributed by atoms with van der Waals surface area (Å²) in [7, 11) is 0. The van der Waals surface area contributed by atoms with E-state index in [0.717, 1.165) is 47.0 Å². The van der Waals surface area contributed by atoms with Crippen molar-refractivity contribution in [2.24, 2.45) is 0 Å². The summed E-state index contributed by atoms with van der Waals surface area (Å²) in [6, 6.07) is 14.8. The number of amides is 1. The van der Waals surface area contributed by atoms with Crippen LogP contribution in [0.5, 0.6) is 0 Å². The number of aromatic nitrogens is 1. The fourth-order valence-corrected chi connectivity index (χ4v) is 5.06. The van der Waals surface area contributed by atoms with Gasteiger partial charge in [-0.1, -0.05) is 30.3 Å². The van der Waals surface area contributed by atoms with Gasteiger partial charge >= 0.3 is 5.97 Å². The molecule has 1 aliphatic carbocycles. The van der Waals surface area contributed by atoms with E-state index >= 15 is 0 Å². The lowest BCUT2D eigenvalue weighted by molar-refractivity contribution is -0.143. The number of carbonyl (C=O) groups is 2. The Kier molecular flexibility index (Phi) is 7.11. The summed E-state index contributed by atoms with van der Waals surface area (Å²) in [6.45, 7) is 4.88. The summed E-state index contributed by atoms with van der Waals surface area (Å²) in [4.78, 5) is 27.3. The number of likely N-dealkylation sites (N-methyl/N-ethyl adjacent to an activating group) is 1. The van der Waals surface area contributed by atoms with E-state index in [1.807, 2.05) is 46.7 Å². The number of rotatable bonds is 8. The highest BCUT2D eigenvalue weighted by molar-refractivity contribution is 5.87. The third kappa shape index (κ3) is 4.95. The Balaban J connectivity index is 1.57. The molecule has 3 aromatic rings. The lowest BCUT2D eigenvalue weighted by Gasteiger charge is -2.34. The number of carbonyl (C=O) groups excluding carboxylic acids is 2. The zero-order valence-electron chi connectivity index (χ0n) is 19.4. The summed E-state index contributed by atoms with van der Waals surface area (Å²) in [5.41, 5.74) is 4.09. The number of fused-ring (bicyclic) bond motifs is 3. The Morgan fingerprint density at radius 1 is 1.15 bits per heavy atom. The van der Waals surface area contributed by atoms with Crippen molar-refractivity contribution in [3.63, 3.8) is 0 Å². The van der Waals surface area contributed by atoms with Crippen LogP contribution >= 0.6 is 0 Å². The number of esters is 1. The molecule has 0 saturated heterocycles. The van der Waals surface area contributed by atoms with Gasteiger partial charge in [0.2, 0.25) is 5.91 Å². The molecule has 33 heavy (non-hydrogen) atoms. The molecule has 0 radical (unpaired) electrons. The molecule has 0 aliphatic heterocycles. The van der Waals surface area contributed by atoms with Crippen molar-refractivity contribution in [3.8, 4) is 0 Å². The monoisotopic (exact) mass is 450 g/mol. The first-order valence-electron chi connectivity index (χ1n) is 11.8. The molecule has 1 heterocycles. The normalized spacial score (nSPS) is 15.3. The van der Waals surface area contributed by atoms with Crippen molar-refractivity contribution in [1.29, 1.82) is 0 Å². The minimum Gasteiger partial charge on any atom is -0.465 e. The number of nitrogens with zero attached hydrogens (tertiary/aromatic N) is 2. The van der Waals surface area contributed by atoms with Crippen LogP contribution in [-0.4, -0.2) is 40.5 Å².